The number of nitrogens with one attached hydrogen (secondary N) is 1. The van der Waals surface area contributed by atoms with Crippen LogP contribution in [-0.4, -0.2) is 23.4 Å². The fourth-order valence-electron chi connectivity index (χ4n) is 2.65. The first-order valence-electron chi connectivity index (χ1n) is 8.35. The van der Waals surface area contributed by atoms with E-state index in [9.17, 15) is 4.79 Å². The first kappa shape index (κ1) is 18.8. The maximum absolute atomic E-state index is 11.3. The Morgan fingerprint density at radius 1 is 1.15 bits per heavy atom. The largest absolute Gasteiger partial charge is 0.453 e. The Bertz CT molecular complexity index is 917. The highest BCUT2D eigenvalue weighted by atomic mass is 35.5. The van der Waals surface area contributed by atoms with Crippen molar-refractivity contribution in [3.8, 4) is 11.1 Å². The summed E-state index contributed by atoms with van der Waals surface area (Å²) in [6, 6.07) is 18.7. The van der Waals surface area contributed by atoms with Crippen molar-refractivity contribution in [3.63, 3.8) is 0 Å². The molecule has 1 amide bonds. The number of aromatic nitrogens is 2. The van der Waals surface area contributed by atoms with Gasteiger partial charge >= 0.3 is 6.09 Å². The number of nitrogens with two attached hydrogens (primary N) is 1. The zero-order chi connectivity index (χ0) is 19.2. The highest BCUT2D eigenvalue weighted by Gasteiger charge is 2.14. The molecule has 27 heavy (non-hydrogen) atoms. The van der Waals surface area contributed by atoms with Crippen LogP contribution in [0.4, 0.5) is 10.5 Å². The first-order chi connectivity index (χ1) is 13.1. The molecule has 1 atom stereocenters. The molecule has 2 aromatic carbocycles. The van der Waals surface area contributed by atoms with E-state index < -0.39 is 6.09 Å². The van der Waals surface area contributed by atoms with Gasteiger partial charge in [0.2, 0.25) is 0 Å². The minimum atomic E-state index is -0.527. The van der Waals surface area contributed by atoms with E-state index in [1.165, 1.54) is 7.11 Å². The minimum absolute atomic E-state index is 0.291. The number of ether oxygens (including phenoxy) is 1. The number of carbonyl (C=O) groups excluding carboxylic acids is 1. The van der Waals surface area contributed by atoms with Crippen LogP contribution in [0.3, 0.4) is 0 Å². The monoisotopic (exact) mass is 382 g/mol. The summed E-state index contributed by atoms with van der Waals surface area (Å²) in [5.41, 5.74) is 10.3. The fourth-order valence-corrected chi connectivity index (χ4v) is 2.85. The van der Waals surface area contributed by atoms with Crippen LogP contribution in [0.15, 0.2) is 60.7 Å². The lowest BCUT2D eigenvalue weighted by atomic mass is 10.0. The minimum Gasteiger partial charge on any atom is -0.453 e. The highest BCUT2D eigenvalue weighted by molar-refractivity contribution is 6.32. The zero-order valence-electron chi connectivity index (χ0n) is 14.7. The van der Waals surface area contributed by atoms with Crippen LogP contribution < -0.4 is 11.1 Å². The molecule has 6 nitrogen and oxygen atoms in total. The van der Waals surface area contributed by atoms with Crippen LogP contribution in [0, 0.1) is 0 Å². The second kappa shape index (κ2) is 8.62. The predicted molar refractivity (Wildman–Crippen MR) is 106 cm³/mol. The van der Waals surface area contributed by atoms with E-state index in [1.807, 2.05) is 48.5 Å². The number of methoxy groups -OCH3 is 1. The van der Waals surface area contributed by atoms with Gasteiger partial charge in [-0.25, -0.2) is 4.79 Å². The van der Waals surface area contributed by atoms with E-state index >= 15 is 0 Å². The summed E-state index contributed by atoms with van der Waals surface area (Å²) in [4.78, 5) is 11.3. The summed E-state index contributed by atoms with van der Waals surface area (Å²) in [5.74, 6) is 0. The standard InChI is InChI=1S/C20H19ClN4O2/c1-27-20(26)23-15-9-7-14(8-10-15)16-12-18(24-25-19(16)21)17(22)11-13-5-3-2-4-6-13/h2-10,12,17H,11,22H2,1H3,(H,23,26)/t17-/m0/s1. The van der Waals surface area contributed by atoms with Gasteiger partial charge in [-0.3, -0.25) is 5.32 Å². The molecule has 0 unspecified atom stereocenters. The topological polar surface area (TPSA) is 90.1 Å². The molecule has 1 aromatic heterocycles. The summed E-state index contributed by atoms with van der Waals surface area (Å²) in [5, 5.41) is 11.1. The van der Waals surface area contributed by atoms with Crippen molar-refractivity contribution in [3.05, 3.63) is 77.1 Å². The predicted octanol–water partition coefficient (Wildman–Crippen LogP) is 4.22. The number of halogens is 1. The second-order valence-corrected chi connectivity index (χ2v) is 6.32. The first-order valence-corrected chi connectivity index (χ1v) is 8.72. The summed E-state index contributed by atoms with van der Waals surface area (Å²) >= 11 is 6.24. The van der Waals surface area contributed by atoms with Gasteiger partial charge in [-0.15, -0.1) is 5.10 Å². The van der Waals surface area contributed by atoms with Gasteiger partial charge in [0.25, 0.3) is 0 Å². The third-order valence-corrected chi connectivity index (χ3v) is 4.35. The molecule has 7 heteroatoms. The van der Waals surface area contributed by atoms with Crippen LogP contribution in [0.5, 0.6) is 0 Å². The number of hydrogen-bond donors (Lipinski definition) is 2. The average molecular weight is 383 g/mol. The van der Waals surface area contributed by atoms with Crippen molar-refractivity contribution >= 4 is 23.4 Å². The van der Waals surface area contributed by atoms with Crippen molar-refractivity contribution in [2.24, 2.45) is 5.73 Å². The fraction of sp³-hybridized carbons (Fsp3) is 0.150. The number of nitrogens with zero attached hydrogens (tertiary/aromatic N) is 2. The Hall–Kier alpha value is -2.96. The van der Waals surface area contributed by atoms with Gasteiger partial charge in [0, 0.05) is 11.3 Å². The van der Waals surface area contributed by atoms with Crippen LogP contribution in [0.1, 0.15) is 17.3 Å². The van der Waals surface area contributed by atoms with E-state index in [-0.39, 0.29) is 6.04 Å². The maximum Gasteiger partial charge on any atom is 0.411 e. The Morgan fingerprint density at radius 2 is 1.85 bits per heavy atom. The van der Waals surface area contributed by atoms with Crippen molar-refractivity contribution in [1.29, 1.82) is 0 Å². The summed E-state index contributed by atoms with van der Waals surface area (Å²) in [6.45, 7) is 0. The third-order valence-electron chi connectivity index (χ3n) is 4.07. The van der Waals surface area contributed by atoms with Gasteiger partial charge in [0.05, 0.1) is 18.8 Å². The smallest absolute Gasteiger partial charge is 0.411 e. The number of carbonyl (C=O) groups is 1. The Morgan fingerprint density at radius 3 is 2.52 bits per heavy atom. The van der Waals surface area contributed by atoms with E-state index in [4.69, 9.17) is 17.3 Å². The Kier molecular flexibility index (Phi) is 6.01. The van der Waals surface area contributed by atoms with Gasteiger partial charge < -0.3 is 10.5 Å². The van der Waals surface area contributed by atoms with Crippen LogP contribution in [0.2, 0.25) is 5.15 Å². The van der Waals surface area contributed by atoms with Gasteiger partial charge in [-0.1, -0.05) is 54.1 Å². The summed E-state index contributed by atoms with van der Waals surface area (Å²) < 4.78 is 4.58. The summed E-state index contributed by atoms with van der Waals surface area (Å²) in [7, 11) is 1.31. The molecule has 0 aliphatic heterocycles. The lowest BCUT2D eigenvalue weighted by molar-refractivity contribution is 0.187. The SMILES string of the molecule is COC(=O)Nc1ccc(-c2cc([C@@H](N)Cc3ccccc3)nnc2Cl)cc1. The highest BCUT2D eigenvalue weighted by Crippen LogP contribution is 2.29. The van der Waals surface area contributed by atoms with Crippen molar-refractivity contribution < 1.29 is 9.53 Å². The normalized spacial score (nSPS) is 11.7. The molecule has 0 spiro atoms. The third kappa shape index (κ3) is 4.81. The molecule has 0 aliphatic carbocycles. The van der Waals surface area contributed by atoms with E-state index in [2.05, 4.69) is 20.3 Å². The number of hydrogen-bond acceptors (Lipinski definition) is 5. The lowest BCUT2D eigenvalue weighted by Crippen LogP contribution is -2.16. The van der Waals surface area contributed by atoms with Crippen molar-refractivity contribution in [1.82, 2.24) is 10.2 Å². The van der Waals surface area contributed by atoms with Crippen molar-refractivity contribution in [2.45, 2.75) is 12.5 Å². The van der Waals surface area contributed by atoms with Crippen LogP contribution in [-0.2, 0) is 11.2 Å². The molecule has 0 bridgehead atoms. The molecule has 3 N–H and O–H groups in total. The van der Waals surface area contributed by atoms with Gasteiger partial charge in [0.1, 0.15) is 0 Å². The second-order valence-electron chi connectivity index (χ2n) is 5.96. The van der Waals surface area contributed by atoms with Crippen molar-refractivity contribution in [2.75, 3.05) is 12.4 Å². The Balaban J connectivity index is 1.81. The Labute approximate surface area is 162 Å². The van der Waals surface area contributed by atoms with Gasteiger partial charge in [-0.05, 0) is 35.7 Å². The average Bonchev–Trinajstić information content (AvgIpc) is 2.69. The molecule has 0 saturated heterocycles. The molecule has 138 valence electrons. The molecule has 1 heterocycles. The number of anilines is 1. The zero-order valence-corrected chi connectivity index (χ0v) is 15.5. The molecule has 0 aliphatic rings. The quantitative estimate of drug-likeness (QED) is 0.689. The molecule has 3 rings (SSSR count). The molecule has 3 aromatic rings. The molecule has 0 saturated carbocycles. The number of amides is 1. The summed E-state index contributed by atoms with van der Waals surface area (Å²) in [6.07, 6.45) is 0.124. The number of rotatable bonds is 5. The molecular formula is C20H19ClN4O2. The van der Waals surface area contributed by atoms with Gasteiger partial charge in [-0.2, -0.15) is 5.10 Å². The number of benzene rings is 2. The molecule has 0 fully saturated rings. The van der Waals surface area contributed by atoms with E-state index in [1.54, 1.807) is 12.1 Å². The van der Waals surface area contributed by atoms with Crippen LogP contribution >= 0.6 is 11.6 Å². The lowest BCUT2D eigenvalue weighted by Gasteiger charge is -2.13. The molecular weight excluding hydrogens is 364 g/mol. The molecule has 0 radical (unpaired) electrons. The maximum atomic E-state index is 11.3. The van der Waals surface area contributed by atoms with E-state index in [0.717, 1.165) is 16.7 Å². The van der Waals surface area contributed by atoms with Gasteiger partial charge in [0.15, 0.2) is 5.15 Å². The van der Waals surface area contributed by atoms with Crippen LogP contribution in [0.25, 0.3) is 11.1 Å². The van der Waals surface area contributed by atoms with E-state index in [0.29, 0.717) is 23.0 Å².